The van der Waals surface area contributed by atoms with E-state index < -0.39 is 8.07 Å². The van der Waals surface area contributed by atoms with E-state index in [0.717, 1.165) is 18.6 Å². The maximum Gasteiger partial charge on any atom is 0.139 e. The Morgan fingerprint density at radius 2 is 1.48 bits per heavy atom. The molecule has 3 heteroatoms. The Kier molecular flexibility index (Phi) is 6.39. The summed E-state index contributed by atoms with van der Waals surface area (Å²) in [6.45, 7) is 3.21. The summed E-state index contributed by atoms with van der Waals surface area (Å²) in [7, 11) is -0.152. The van der Waals surface area contributed by atoms with Gasteiger partial charge in [0.2, 0.25) is 0 Å². The van der Waals surface area contributed by atoms with Gasteiger partial charge in [-0.3, -0.25) is 0 Å². The summed E-state index contributed by atoms with van der Waals surface area (Å²) in [6, 6.07) is 17.7. The predicted octanol–water partition coefficient (Wildman–Crippen LogP) is 6.26. The number of methoxy groups -OCH3 is 1. The van der Waals surface area contributed by atoms with Crippen molar-refractivity contribution in [3.05, 3.63) is 107 Å². The second-order valence-corrected chi connectivity index (χ2v) is 12.9. The predicted molar refractivity (Wildman–Crippen MR) is 128 cm³/mol. The molecule has 0 aliphatic heterocycles. The van der Waals surface area contributed by atoms with Crippen molar-refractivity contribution in [3.63, 3.8) is 0 Å². The molecule has 0 amide bonds. The fourth-order valence-corrected chi connectivity index (χ4v) is 10.2. The molecule has 0 radical (unpaired) electrons. The molecule has 2 aromatic rings. The Balaban J connectivity index is 1.67. The van der Waals surface area contributed by atoms with Crippen LogP contribution in [0.15, 0.2) is 100 Å². The Morgan fingerprint density at radius 1 is 0.862 bits per heavy atom. The number of hydrogen-bond acceptors (Lipinski definition) is 2. The summed E-state index contributed by atoms with van der Waals surface area (Å²) in [5, 5.41) is 4.81. The van der Waals surface area contributed by atoms with Crippen LogP contribution in [0.3, 0.4) is 0 Å². The molecule has 0 spiro atoms. The molecule has 2 aliphatic rings. The van der Waals surface area contributed by atoms with Crippen LogP contribution < -0.4 is 5.19 Å². The molecule has 0 N–H and O–H groups in total. The lowest BCUT2D eigenvalue weighted by molar-refractivity contribution is 0.184. The Morgan fingerprint density at radius 3 is 2.10 bits per heavy atom. The average molecular weight is 417 g/mol. The SMILES string of the molecule is COCc1ccccc1CSc1ccccc1[Si](C)(C1=CC=CC1)C1=CC=CC1. The van der Waals surface area contributed by atoms with Crippen LogP contribution in [0.4, 0.5) is 0 Å². The third-order valence-electron chi connectivity index (χ3n) is 6.05. The lowest BCUT2D eigenvalue weighted by Crippen LogP contribution is -2.49. The van der Waals surface area contributed by atoms with Gasteiger partial charge >= 0.3 is 0 Å². The summed E-state index contributed by atoms with van der Waals surface area (Å²) < 4.78 is 5.40. The van der Waals surface area contributed by atoms with Gasteiger partial charge in [-0.1, -0.05) is 95.9 Å². The molecule has 29 heavy (non-hydrogen) atoms. The Bertz CT molecular complexity index is 969. The van der Waals surface area contributed by atoms with Crippen molar-refractivity contribution < 1.29 is 4.74 Å². The standard InChI is InChI=1S/C26H28OSSi/c1-27-19-21-11-3-4-12-22(21)20-28-25-17-9-10-18-26(25)29(2,23-13-5-6-14-23)24-15-7-8-16-24/h3-13,15,17-18H,14,16,19-20H2,1-2H3. The van der Waals surface area contributed by atoms with Gasteiger partial charge in [0.15, 0.2) is 0 Å². The summed E-state index contributed by atoms with van der Waals surface area (Å²) in [5.41, 5.74) is 2.64. The van der Waals surface area contributed by atoms with Gasteiger partial charge in [-0.25, -0.2) is 0 Å². The fourth-order valence-electron chi connectivity index (χ4n) is 4.34. The maximum absolute atomic E-state index is 5.40. The summed E-state index contributed by atoms with van der Waals surface area (Å²) in [4.78, 5) is 1.43. The van der Waals surface area contributed by atoms with Crippen molar-refractivity contribution in [2.75, 3.05) is 7.11 Å². The van der Waals surface area contributed by atoms with E-state index in [9.17, 15) is 0 Å². The first-order valence-corrected chi connectivity index (χ1v) is 13.7. The van der Waals surface area contributed by atoms with Gasteiger partial charge in [0.25, 0.3) is 0 Å². The number of ether oxygens (including phenoxy) is 1. The molecular formula is C26H28OSSi. The van der Waals surface area contributed by atoms with E-state index in [1.54, 1.807) is 22.7 Å². The molecular weight excluding hydrogens is 388 g/mol. The minimum absolute atomic E-state index is 0.669. The third kappa shape index (κ3) is 4.13. The second kappa shape index (κ2) is 9.16. The van der Waals surface area contributed by atoms with Crippen LogP contribution in [-0.2, 0) is 17.1 Å². The highest BCUT2D eigenvalue weighted by Crippen LogP contribution is 2.36. The van der Waals surface area contributed by atoms with Gasteiger partial charge < -0.3 is 4.74 Å². The van der Waals surface area contributed by atoms with Crippen molar-refractivity contribution in [2.24, 2.45) is 0 Å². The molecule has 0 aromatic heterocycles. The van der Waals surface area contributed by atoms with E-state index >= 15 is 0 Å². The summed E-state index contributed by atoms with van der Waals surface area (Å²) in [6.07, 6.45) is 16.0. The number of hydrogen-bond donors (Lipinski definition) is 0. The van der Waals surface area contributed by atoms with Crippen molar-refractivity contribution in [2.45, 2.75) is 36.6 Å². The molecule has 0 atom stereocenters. The van der Waals surface area contributed by atoms with Crippen LogP contribution in [0.25, 0.3) is 0 Å². The minimum Gasteiger partial charge on any atom is -0.380 e. The number of benzene rings is 2. The van der Waals surface area contributed by atoms with E-state index in [1.807, 2.05) is 11.8 Å². The van der Waals surface area contributed by atoms with Gasteiger partial charge in [0.05, 0.1) is 6.61 Å². The van der Waals surface area contributed by atoms with Gasteiger partial charge in [-0.2, -0.15) is 0 Å². The van der Waals surface area contributed by atoms with Gasteiger partial charge in [0, 0.05) is 17.8 Å². The van der Waals surface area contributed by atoms with Crippen molar-refractivity contribution >= 4 is 25.0 Å². The van der Waals surface area contributed by atoms with Crippen LogP contribution in [0.5, 0.6) is 0 Å². The van der Waals surface area contributed by atoms with E-state index in [0.29, 0.717) is 6.61 Å². The van der Waals surface area contributed by atoms with Gasteiger partial charge in [0.1, 0.15) is 8.07 Å². The molecule has 2 aliphatic carbocycles. The third-order valence-corrected chi connectivity index (χ3v) is 12.2. The first-order chi connectivity index (χ1) is 14.2. The smallest absolute Gasteiger partial charge is 0.139 e. The molecule has 1 nitrogen and oxygen atoms in total. The highest BCUT2D eigenvalue weighted by Gasteiger charge is 2.39. The normalized spacial score (nSPS) is 15.7. The van der Waals surface area contributed by atoms with Crippen molar-refractivity contribution in [1.29, 1.82) is 0 Å². The molecule has 0 fully saturated rings. The van der Waals surface area contributed by atoms with E-state index in [1.165, 1.54) is 16.0 Å². The van der Waals surface area contributed by atoms with E-state index in [4.69, 9.17) is 4.74 Å². The molecule has 148 valence electrons. The quantitative estimate of drug-likeness (QED) is 0.371. The number of allylic oxidation sites excluding steroid dienone is 8. The van der Waals surface area contributed by atoms with E-state index in [-0.39, 0.29) is 0 Å². The largest absolute Gasteiger partial charge is 0.380 e. The van der Waals surface area contributed by atoms with Crippen LogP contribution in [0.2, 0.25) is 6.55 Å². The van der Waals surface area contributed by atoms with Crippen LogP contribution >= 0.6 is 11.8 Å². The lowest BCUT2D eigenvalue weighted by Gasteiger charge is -2.33. The summed E-state index contributed by atoms with van der Waals surface area (Å²) >= 11 is 1.97. The zero-order valence-corrected chi connectivity index (χ0v) is 19.0. The highest BCUT2D eigenvalue weighted by atomic mass is 32.2. The van der Waals surface area contributed by atoms with E-state index in [2.05, 4.69) is 91.5 Å². The monoisotopic (exact) mass is 416 g/mol. The molecule has 0 bridgehead atoms. The molecule has 0 unspecified atom stereocenters. The molecule has 0 heterocycles. The number of rotatable bonds is 8. The first-order valence-electron chi connectivity index (χ1n) is 10.2. The minimum atomic E-state index is -1.92. The number of thioether (sulfide) groups is 1. The van der Waals surface area contributed by atoms with Gasteiger partial charge in [-0.05, 0) is 35.2 Å². The zero-order chi connectivity index (χ0) is 20.1. The maximum atomic E-state index is 5.40. The molecule has 2 aromatic carbocycles. The topological polar surface area (TPSA) is 9.23 Å². The second-order valence-electron chi connectivity index (χ2n) is 7.76. The van der Waals surface area contributed by atoms with Crippen LogP contribution in [0, 0.1) is 0 Å². The van der Waals surface area contributed by atoms with Crippen molar-refractivity contribution in [1.82, 2.24) is 0 Å². The first kappa shape index (κ1) is 20.2. The average Bonchev–Trinajstić information content (AvgIpc) is 3.48. The zero-order valence-electron chi connectivity index (χ0n) is 17.2. The van der Waals surface area contributed by atoms with Crippen molar-refractivity contribution in [3.8, 4) is 0 Å². The van der Waals surface area contributed by atoms with Crippen LogP contribution in [0.1, 0.15) is 24.0 Å². The molecule has 0 saturated carbocycles. The van der Waals surface area contributed by atoms with Crippen LogP contribution in [-0.4, -0.2) is 15.2 Å². The highest BCUT2D eigenvalue weighted by molar-refractivity contribution is 7.98. The lowest BCUT2D eigenvalue weighted by atomic mass is 10.1. The fraction of sp³-hybridized carbons (Fsp3) is 0.231. The molecule has 0 saturated heterocycles. The summed E-state index contributed by atoms with van der Waals surface area (Å²) in [5.74, 6) is 0.968. The van der Waals surface area contributed by atoms with Gasteiger partial charge in [-0.15, -0.1) is 11.8 Å². The Labute approximate surface area is 179 Å². The Hall–Kier alpha value is -2.07. The molecule has 4 rings (SSSR count).